The number of rotatable bonds is 9. The molecule has 3 aromatic rings. The van der Waals surface area contributed by atoms with E-state index in [-0.39, 0.29) is 29.0 Å². The van der Waals surface area contributed by atoms with Crippen molar-refractivity contribution in [3.05, 3.63) is 68.5 Å². The fourth-order valence-electron chi connectivity index (χ4n) is 3.07. The van der Waals surface area contributed by atoms with E-state index >= 15 is 0 Å². The van der Waals surface area contributed by atoms with Gasteiger partial charge in [0, 0.05) is 18.3 Å². The minimum atomic E-state index is -0.599. The van der Waals surface area contributed by atoms with Crippen molar-refractivity contribution in [1.29, 1.82) is 0 Å². The first-order valence-electron chi connectivity index (χ1n) is 9.76. The molecule has 168 valence electrons. The van der Waals surface area contributed by atoms with Crippen molar-refractivity contribution in [2.24, 2.45) is 0 Å². The number of aromatic nitrogens is 3. The Balaban J connectivity index is 1.60. The SMILES string of the molecule is CCn1c(COc2cc(C)cc(C)c2)nnc1SCC(=O)Nc1ccc(Cl)c([N+](=O)[O-])c1. The second-order valence-corrected chi connectivity index (χ2v) is 8.37. The standard InChI is InChI=1S/C21H22ClN5O4S/c1-4-26-19(11-31-16-8-13(2)7-14(3)9-16)24-25-21(26)32-12-20(28)23-15-5-6-17(22)18(10-15)27(29)30/h5-10H,4,11-12H2,1-3H3,(H,23,28). The Labute approximate surface area is 194 Å². The number of aryl methyl sites for hydroxylation is 2. The van der Waals surface area contributed by atoms with Crippen LogP contribution < -0.4 is 10.1 Å². The van der Waals surface area contributed by atoms with Gasteiger partial charge >= 0.3 is 0 Å². The summed E-state index contributed by atoms with van der Waals surface area (Å²) in [6.45, 7) is 6.85. The largest absolute Gasteiger partial charge is 0.486 e. The van der Waals surface area contributed by atoms with E-state index in [0.29, 0.717) is 23.2 Å². The topological polar surface area (TPSA) is 112 Å². The summed E-state index contributed by atoms with van der Waals surface area (Å²) in [6.07, 6.45) is 0. The van der Waals surface area contributed by atoms with Crippen LogP contribution in [0.3, 0.4) is 0 Å². The van der Waals surface area contributed by atoms with Crippen molar-refractivity contribution >= 4 is 40.6 Å². The number of carbonyl (C=O) groups is 1. The number of carbonyl (C=O) groups excluding carboxylic acids is 1. The Morgan fingerprint density at radius 2 is 1.94 bits per heavy atom. The van der Waals surface area contributed by atoms with Crippen LogP contribution in [0.4, 0.5) is 11.4 Å². The molecule has 1 aromatic heterocycles. The number of ether oxygens (including phenoxy) is 1. The third kappa shape index (κ3) is 5.98. The first-order valence-corrected chi connectivity index (χ1v) is 11.1. The molecule has 3 rings (SSSR count). The van der Waals surface area contributed by atoms with Crippen molar-refractivity contribution in [1.82, 2.24) is 14.8 Å². The van der Waals surface area contributed by atoms with Crippen molar-refractivity contribution < 1.29 is 14.5 Å². The summed E-state index contributed by atoms with van der Waals surface area (Å²) in [4.78, 5) is 22.7. The molecule has 0 spiro atoms. The summed E-state index contributed by atoms with van der Waals surface area (Å²) in [7, 11) is 0. The Hall–Kier alpha value is -3.11. The van der Waals surface area contributed by atoms with E-state index in [1.54, 1.807) is 0 Å². The van der Waals surface area contributed by atoms with Crippen LogP contribution in [-0.4, -0.2) is 31.3 Å². The molecular weight excluding hydrogens is 454 g/mol. The maximum Gasteiger partial charge on any atom is 0.289 e. The fourth-order valence-corrected chi connectivity index (χ4v) is 4.08. The normalized spacial score (nSPS) is 10.8. The van der Waals surface area contributed by atoms with Crippen LogP contribution in [0.5, 0.6) is 5.75 Å². The number of nitrogens with zero attached hydrogens (tertiary/aromatic N) is 4. The maximum atomic E-state index is 12.3. The summed E-state index contributed by atoms with van der Waals surface area (Å²) in [5.74, 6) is 1.15. The van der Waals surface area contributed by atoms with Crippen LogP contribution >= 0.6 is 23.4 Å². The number of nitrogens with one attached hydrogen (secondary N) is 1. The number of halogens is 1. The lowest BCUT2D eigenvalue weighted by Gasteiger charge is -2.10. The van der Waals surface area contributed by atoms with Gasteiger partial charge in [-0.25, -0.2) is 0 Å². The lowest BCUT2D eigenvalue weighted by Crippen LogP contribution is -2.15. The van der Waals surface area contributed by atoms with Gasteiger partial charge in [0.15, 0.2) is 11.0 Å². The Bertz CT molecular complexity index is 1130. The smallest absolute Gasteiger partial charge is 0.289 e. The van der Waals surface area contributed by atoms with E-state index in [4.69, 9.17) is 16.3 Å². The number of thioether (sulfide) groups is 1. The molecule has 32 heavy (non-hydrogen) atoms. The Kier molecular flexibility index (Phi) is 7.70. The highest BCUT2D eigenvalue weighted by atomic mass is 35.5. The third-order valence-corrected chi connectivity index (χ3v) is 5.72. The minimum Gasteiger partial charge on any atom is -0.486 e. The molecule has 0 aliphatic heterocycles. The average molecular weight is 476 g/mol. The molecule has 9 nitrogen and oxygen atoms in total. The molecular formula is C21H22ClN5O4S. The highest BCUT2D eigenvalue weighted by molar-refractivity contribution is 7.99. The molecule has 0 aliphatic carbocycles. The summed E-state index contributed by atoms with van der Waals surface area (Å²) < 4.78 is 7.76. The van der Waals surface area contributed by atoms with Crippen molar-refractivity contribution in [3.8, 4) is 5.75 Å². The molecule has 0 aliphatic rings. The Morgan fingerprint density at radius 3 is 2.59 bits per heavy atom. The van der Waals surface area contributed by atoms with Gasteiger partial charge < -0.3 is 14.6 Å². The zero-order chi connectivity index (χ0) is 23.3. The summed E-state index contributed by atoms with van der Waals surface area (Å²) >= 11 is 7.02. The maximum absolute atomic E-state index is 12.3. The van der Waals surface area contributed by atoms with Crippen LogP contribution in [0, 0.1) is 24.0 Å². The molecule has 1 N–H and O–H groups in total. The van der Waals surface area contributed by atoms with Gasteiger partial charge in [-0.05, 0) is 56.2 Å². The third-order valence-electron chi connectivity index (χ3n) is 4.43. The molecule has 2 aromatic carbocycles. The van der Waals surface area contributed by atoms with Crippen LogP contribution in [0.15, 0.2) is 41.6 Å². The highest BCUT2D eigenvalue weighted by Gasteiger charge is 2.16. The molecule has 0 saturated carbocycles. The number of anilines is 1. The summed E-state index contributed by atoms with van der Waals surface area (Å²) in [5.41, 5.74) is 2.26. The van der Waals surface area contributed by atoms with E-state index in [1.807, 2.05) is 37.5 Å². The molecule has 11 heteroatoms. The second kappa shape index (κ2) is 10.5. The number of nitro benzene ring substituents is 1. The minimum absolute atomic E-state index is 0.00833. The number of hydrogen-bond acceptors (Lipinski definition) is 7. The number of hydrogen-bond donors (Lipinski definition) is 1. The molecule has 0 bridgehead atoms. The highest BCUT2D eigenvalue weighted by Crippen LogP contribution is 2.27. The molecule has 1 amide bonds. The van der Waals surface area contributed by atoms with Gasteiger partial charge in [-0.3, -0.25) is 14.9 Å². The zero-order valence-electron chi connectivity index (χ0n) is 17.8. The number of nitro groups is 1. The molecule has 0 fully saturated rings. The van der Waals surface area contributed by atoms with E-state index in [1.165, 1.54) is 30.0 Å². The predicted molar refractivity (Wildman–Crippen MR) is 123 cm³/mol. The van der Waals surface area contributed by atoms with Crippen LogP contribution in [0.2, 0.25) is 5.02 Å². The van der Waals surface area contributed by atoms with Crippen molar-refractivity contribution in [2.75, 3.05) is 11.1 Å². The Morgan fingerprint density at radius 1 is 1.22 bits per heavy atom. The van der Waals surface area contributed by atoms with E-state index in [0.717, 1.165) is 16.9 Å². The molecule has 1 heterocycles. The summed E-state index contributed by atoms with van der Waals surface area (Å²) in [5, 5.41) is 22.6. The van der Waals surface area contributed by atoms with Crippen LogP contribution in [0.1, 0.15) is 23.9 Å². The van der Waals surface area contributed by atoms with E-state index in [2.05, 4.69) is 21.6 Å². The van der Waals surface area contributed by atoms with Gasteiger partial charge in [0.1, 0.15) is 17.4 Å². The first-order chi connectivity index (χ1) is 15.3. The average Bonchev–Trinajstić information content (AvgIpc) is 3.13. The second-order valence-electron chi connectivity index (χ2n) is 7.02. The molecule has 0 unspecified atom stereocenters. The van der Waals surface area contributed by atoms with Gasteiger partial charge in [-0.1, -0.05) is 29.4 Å². The zero-order valence-corrected chi connectivity index (χ0v) is 19.4. The van der Waals surface area contributed by atoms with E-state index < -0.39 is 4.92 Å². The fraction of sp³-hybridized carbons (Fsp3) is 0.286. The molecule has 0 saturated heterocycles. The predicted octanol–water partition coefficient (Wildman–Crippen LogP) is 4.79. The lowest BCUT2D eigenvalue weighted by atomic mass is 10.1. The number of amides is 1. The number of benzene rings is 2. The van der Waals surface area contributed by atoms with Gasteiger partial charge in [0.25, 0.3) is 5.69 Å². The quantitative estimate of drug-likeness (QED) is 0.269. The van der Waals surface area contributed by atoms with Crippen LogP contribution in [-0.2, 0) is 17.9 Å². The molecule has 0 atom stereocenters. The van der Waals surface area contributed by atoms with E-state index in [9.17, 15) is 14.9 Å². The van der Waals surface area contributed by atoms with Gasteiger partial charge in [0.2, 0.25) is 5.91 Å². The lowest BCUT2D eigenvalue weighted by molar-refractivity contribution is -0.384. The van der Waals surface area contributed by atoms with Crippen molar-refractivity contribution in [3.63, 3.8) is 0 Å². The van der Waals surface area contributed by atoms with Crippen LogP contribution in [0.25, 0.3) is 0 Å². The van der Waals surface area contributed by atoms with Gasteiger partial charge in [-0.2, -0.15) is 0 Å². The summed E-state index contributed by atoms with van der Waals surface area (Å²) in [6, 6.07) is 10.1. The monoisotopic (exact) mass is 475 g/mol. The molecule has 0 radical (unpaired) electrons. The first kappa shape index (κ1) is 23.6. The van der Waals surface area contributed by atoms with Crippen molar-refractivity contribution in [2.45, 2.75) is 39.1 Å². The van der Waals surface area contributed by atoms with Gasteiger partial charge in [-0.15, -0.1) is 10.2 Å². The van der Waals surface area contributed by atoms with Gasteiger partial charge in [0.05, 0.1) is 10.7 Å².